The topological polar surface area (TPSA) is 100 Å². The van der Waals surface area contributed by atoms with Crippen LogP contribution in [0.2, 0.25) is 0 Å². The summed E-state index contributed by atoms with van der Waals surface area (Å²) in [6.45, 7) is 0.498. The fourth-order valence-corrected chi connectivity index (χ4v) is 3.08. The second kappa shape index (κ2) is 5.54. The third kappa shape index (κ3) is 2.98. The zero-order valence-electron chi connectivity index (χ0n) is 12.7. The number of sulfone groups is 1. The molecule has 0 saturated heterocycles. The van der Waals surface area contributed by atoms with Gasteiger partial charge in [-0.3, -0.25) is 0 Å². The van der Waals surface area contributed by atoms with Crippen molar-refractivity contribution in [1.82, 2.24) is 14.8 Å². The first-order valence-corrected chi connectivity index (χ1v) is 8.72. The Labute approximate surface area is 133 Å². The molecule has 2 heterocycles. The molecule has 7 nitrogen and oxygen atoms in total. The smallest absolute Gasteiger partial charge is 0.179 e. The van der Waals surface area contributed by atoms with Gasteiger partial charge < -0.3 is 10.5 Å². The Kier molecular flexibility index (Phi) is 3.69. The summed E-state index contributed by atoms with van der Waals surface area (Å²) < 4.78 is 30.2. The van der Waals surface area contributed by atoms with E-state index in [0.717, 1.165) is 17.6 Å². The fraction of sp³-hybridized carbons (Fsp3) is 0.200. The minimum atomic E-state index is -3.42. The lowest BCUT2D eigenvalue weighted by Gasteiger charge is -2.07. The number of pyridine rings is 1. The molecule has 2 N–H and O–H groups in total. The average molecular weight is 332 g/mol. The van der Waals surface area contributed by atoms with Gasteiger partial charge in [0.15, 0.2) is 15.5 Å². The van der Waals surface area contributed by atoms with E-state index in [1.807, 2.05) is 24.3 Å². The van der Waals surface area contributed by atoms with Gasteiger partial charge in [-0.05, 0) is 23.8 Å². The molecule has 23 heavy (non-hydrogen) atoms. The van der Waals surface area contributed by atoms with Crippen molar-refractivity contribution in [3.05, 3.63) is 42.1 Å². The molecule has 8 heteroatoms. The number of rotatable bonds is 4. The van der Waals surface area contributed by atoms with E-state index in [1.54, 1.807) is 18.0 Å². The largest absolute Gasteiger partial charge is 0.497 e. The zero-order chi connectivity index (χ0) is 16.6. The molecule has 0 atom stereocenters. The summed E-state index contributed by atoms with van der Waals surface area (Å²) in [6.07, 6.45) is 2.69. The quantitative estimate of drug-likeness (QED) is 0.776. The molecule has 3 rings (SSSR count). The van der Waals surface area contributed by atoms with Crippen molar-refractivity contribution in [3.63, 3.8) is 0 Å². The molecule has 0 aliphatic heterocycles. The van der Waals surface area contributed by atoms with Gasteiger partial charge >= 0.3 is 0 Å². The van der Waals surface area contributed by atoms with Gasteiger partial charge in [0.1, 0.15) is 16.5 Å². The average Bonchev–Trinajstić information content (AvgIpc) is 2.88. The van der Waals surface area contributed by atoms with E-state index in [9.17, 15) is 8.42 Å². The number of ether oxygens (including phenoxy) is 1. The van der Waals surface area contributed by atoms with E-state index >= 15 is 0 Å². The van der Waals surface area contributed by atoms with Crippen LogP contribution < -0.4 is 10.5 Å². The Morgan fingerprint density at radius 2 is 1.96 bits per heavy atom. The van der Waals surface area contributed by atoms with Gasteiger partial charge in [0.05, 0.1) is 19.9 Å². The number of fused-ring (bicyclic) bond motifs is 1. The highest BCUT2D eigenvalue weighted by Gasteiger charge is 2.16. The molecule has 0 aliphatic rings. The highest BCUT2D eigenvalue weighted by atomic mass is 32.2. The Balaban J connectivity index is 2.00. The Morgan fingerprint density at radius 3 is 2.57 bits per heavy atom. The number of nitrogens with two attached hydrogens (primary N) is 1. The first-order valence-electron chi connectivity index (χ1n) is 6.83. The number of aromatic nitrogens is 3. The van der Waals surface area contributed by atoms with E-state index in [-0.39, 0.29) is 10.7 Å². The maximum Gasteiger partial charge on any atom is 0.179 e. The molecular formula is C15H16N4O3S. The summed E-state index contributed by atoms with van der Waals surface area (Å²) in [5.74, 6) is 0.760. The molecule has 0 spiro atoms. The Morgan fingerprint density at radius 1 is 1.26 bits per heavy atom. The van der Waals surface area contributed by atoms with E-state index in [2.05, 4.69) is 10.1 Å². The zero-order valence-corrected chi connectivity index (χ0v) is 13.5. The van der Waals surface area contributed by atoms with Crippen LogP contribution in [0.4, 0.5) is 5.82 Å². The van der Waals surface area contributed by atoms with Gasteiger partial charge in [0, 0.05) is 11.6 Å². The molecule has 0 fully saturated rings. The van der Waals surface area contributed by atoms with Crippen molar-refractivity contribution in [2.75, 3.05) is 19.1 Å². The van der Waals surface area contributed by atoms with Gasteiger partial charge in [0.2, 0.25) is 0 Å². The van der Waals surface area contributed by atoms with Crippen LogP contribution in [-0.4, -0.2) is 36.5 Å². The normalized spacial score (nSPS) is 11.7. The van der Waals surface area contributed by atoms with Crippen LogP contribution in [0.3, 0.4) is 0 Å². The van der Waals surface area contributed by atoms with Crippen LogP contribution in [0.15, 0.2) is 41.4 Å². The monoisotopic (exact) mass is 332 g/mol. The van der Waals surface area contributed by atoms with Crippen LogP contribution in [0.1, 0.15) is 5.56 Å². The summed E-state index contributed by atoms with van der Waals surface area (Å²) in [6, 6.07) is 9.10. The lowest BCUT2D eigenvalue weighted by Crippen LogP contribution is -2.07. The minimum Gasteiger partial charge on any atom is -0.497 e. The molecule has 120 valence electrons. The van der Waals surface area contributed by atoms with Crippen molar-refractivity contribution in [3.8, 4) is 5.75 Å². The minimum absolute atomic E-state index is 0.0171. The molecular weight excluding hydrogens is 316 g/mol. The third-order valence-corrected chi connectivity index (χ3v) is 4.62. The third-order valence-electron chi connectivity index (χ3n) is 3.50. The van der Waals surface area contributed by atoms with E-state index in [1.165, 1.54) is 6.07 Å². The van der Waals surface area contributed by atoms with Crippen molar-refractivity contribution in [1.29, 1.82) is 0 Å². The van der Waals surface area contributed by atoms with E-state index in [4.69, 9.17) is 10.5 Å². The van der Waals surface area contributed by atoms with Gasteiger partial charge in [0.25, 0.3) is 0 Å². The highest BCUT2D eigenvalue weighted by molar-refractivity contribution is 7.90. The number of hydrogen-bond acceptors (Lipinski definition) is 6. The summed E-state index contributed by atoms with van der Waals surface area (Å²) in [7, 11) is -1.81. The van der Waals surface area contributed by atoms with Crippen molar-refractivity contribution >= 4 is 26.7 Å². The van der Waals surface area contributed by atoms with Crippen molar-refractivity contribution in [2.24, 2.45) is 0 Å². The number of methoxy groups -OCH3 is 1. The van der Waals surface area contributed by atoms with Gasteiger partial charge in [-0.25, -0.2) is 18.1 Å². The van der Waals surface area contributed by atoms with Crippen LogP contribution in [0, 0.1) is 0 Å². The molecule has 0 amide bonds. The predicted octanol–water partition coefficient (Wildman–Crippen LogP) is 1.47. The molecule has 2 aromatic heterocycles. The number of anilines is 1. The summed E-state index contributed by atoms with van der Waals surface area (Å²) >= 11 is 0. The molecule has 0 bridgehead atoms. The van der Waals surface area contributed by atoms with Gasteiger partial charge in [-0.2, -0.15) is 5.10 Å². The molecule has 1 aromatic carbocycles. The maximum absolute atomic E-state index is 11.7. The Bertz CT molecular complexity index is 962. The SMILES string of the molecule is COc1ccc(Cn2ncc3cc(S(C)(=O)=O)c(N)nc32)cc1. The van der Waals surface area contributed by atoms with E-state index in [0.29, 0.717) is 17.6 Å². The Hall–Kier alpha value is -2.61. The second-order valence-corrected chi connectivity index (χ2v) is 7.19. The number of benzene rings is 1. The van der Waals surface area contributed by atoms with Crippen LogP contribution in [-0.2, 0) is 16.4 Å². The number of hydrogen-bond donors (Lipinski definition) is 1. The second-order valence-electron chi connectivity index (χ2n) is 5.21. The van der Waals surface area contributed by atoms with Crippen molar-refractivity contribution in [2.45, 2.75) is 11.4 Å². The van der Waals surface area contributed by atoms with E-state index < -0.39 is 9.84 Å². The molecule has 0 unspecified atom stereocenters. The van der Waals surface area contributed by atoms with Gasteiger partial charge in [-0.1, -0.05) is 12.1 Å². The lowest BCUT2D eigenvalue weighted by atomic mass is 10.2. The first-order chi connectivity index (χ1) is 10.9. The molecule has 0 radical (unpaired) electrons. The van der Waals surface area contributed by atoms with Gasteiger partial charge in [-0.15, -0.1) is 0 Å². The summed E-state index contributed by atoms with van der Waals surface area (Å²) in [5, 5.41) is 4.90. The van der Waals surface area contributed by atoms with Crippen LogP contribution >= 0.6 is 0 Å². The summed E-state index contributed by atoms with van der Waals surface area (Å²) in [4.78, 5) is 4.23. The fourth-order valence-electron chi connectivity index (χ4n) is 2.32. The van der Waals surface area contributed by atoms with Crippen LogP contribution in [0.5, 0.6) is 5.75 Å². The molecule has 0 saturated carbocycles. The lowest BCUT2D eigenvalue weighted by molar-refractivity contribution is 0.414. The highest BCUT2D eigenvalue weighted by Crippen LogP contribution is 2.23. The predicted molar refractivity (Wildman–Crippen MR) is 87.1 cm³/mol. The maximum atomic E-state index is 11.7. The number of nitrogens with zero attached hydrogens (tertiary/aromatic N) is 3. The molecule has 3 aromatic rings. The number of nitrogen functional groups attached to an aromatic ring is 1. The summed E-state index contributed by atoms with van der Waals surface area (Å²) in [5.41, 5.74) is 7.35. The van der Waals surface area contributed by atoms with Crippen molar-refractivity contribution < 1.29 is 13.2 Å². The standard InChI is InChI=1S/C15H16N4O3S/c1-22-12-5-3-10(4-6-12)9-19-15-11(8-17-19)7-13(14(16)18-15)23(2,20)21/h3-8H,9H2,1-2H3,(H2,16,18). The first kappa shape index (κ1) is 15.3. The molecule has 0 aliphatic carbocycles. The van der Waals surface area contributed by atoms with Crippen LogP contribution in [0.25, 0.3) is 11.0 Å².